The van der Waals surface area contributed by atoms with Gasteiger partial charge >= 0.3 is 0 Å². The number of morpholine rings is 1. The van der Waals surface area contributed by atoms with Crippen LogP contribution in [0.2, 0.25) is 0 Å². The molecule has 2 aliphatic rings. The topological polar surface area (TPSA) is 77.4 Å². The predicted octanol–water partition coefficient (Wildman–Crippen LogP) is 0.379. The van der Waals surface area contributed by atoms with Crippen molar-refractivity contribution in [2.75, 3.05) is 31.6 Å². The summed E-state index contributed by atoms with van der Waals surface area (Å²) in [6.45, 7) is 3.83. The Bertz CT molecular complexity index is 465. The van der Waals surface area contributed by atoms with Crippen molar-refractivity contribution in [3.63, 3.8) is 0 Å². The van der Waals surface area contributed by atoms with Crippen LogP contribution in [-0.2, 0) is 20.8 Å². The van der Waals surface area contributed by atoms with E-state index in [9.17, 15) is 4.79 Å². The van der Waals surface area contributed by atoms with Crippen LogP contribution in [0.5, 0.6) is 0 Å². The molecule has 7 heteroatoms. The van der Waals surface area contributed by atoms with Crippen LogP contribution in [0, 0.1) is 0 Å². The maximum absolute atomic E-state index is 12.0. The van der Waals surface area contributed by atoms with E-state index >= 15 is 0 Å². The lowest BCUT2D eigenvalue weighted by Gasteiger charge is -2.22. The van der Waals surface area contributed by atoms with Gasteiger partial charge in [0.25, 0.3) is 0 Å². The second-order valence-electron chi connectivity index (χ2n) is 5.54. The molecule has 2 N–H and O–H groups in total. The third-order valence-corrected chi connectivity index (χ3v) is 3.75. The summed E-state index contributed by atoms with van der Waals surface area (Å²) in [6, 6.07) is 0. The molecule has 2 saturated heterocycles. The van der Waals surface area contributed by atoms with Crippen LogP contribution >= 0.6 is 0 Å². The number of rotatable bonds is 5. The van der Waals surface area contributed by atoms with Crippen molar-refractivity contribution in [3.8, 4) is 0 Å². The molecule has 2 unspecified atom stereocenters. The third-order valence-electron chi connectivity index (χ3n) is 3.75. The highest BCUT2D eigenvalue weighted by Crippen LogP contribution is 2.15. The number of ether oxygens (including phenoxy) is 2. The molecular weight excluding hydrogens is 272 g/mol. The fourth-order valence-corrected chi connectivity index (χ4v) is 2.69. The van der Waals surface area contributed by atoms with Crippen LogP contribution in [0.3, 0.4) is 0 Å². The van der Waals surface area contributed by atoms with Gasteiger partial charge in [-0.1, -0.05) is 0 Å². The number of anilines is 1. The van der Waals surface area contributed by atoms with Gasteiger partial charge in [-0.15, -0.1) is 0 Å². The molecule has 1 aromatic rings. The summed E-state index contributed by atoms with van der Waals surface area (Å²) in [6.07, 6.45) is 6.28. The van der Waals surface area contributed by atoms with Crippen molar-refractivity contribution in [2.45, 2.75) is 38.0 Å². The van der Waals surface area contributed by atoms with Crippen molar-refractivity contribution in [2.24, 2.45) is 0 Å². The minimum Gasteiger partial charge on any atom is -0.376 e. The van der Waals surface area contributed by atoms with Crippen molar-refractivity contribution >= 4 is 11.6 Å². The number of carbonyl (C=O) groups is 1. The number of hydrogen-bond acceptors (Lipinski definition) is 5. The van der Waals surface area contributed by atoms with Gasteiger partial charge in [0.1, 0.15) is 0 Å². The van der Waals surface area contributed by atoms with Gasteiger partial charge in [0, 0.05) is 25.9 Å². The highest BCUT2D eigenvalue weighted by Gasteiger charge is 2.19. The molecule has 0 spiro atoms. The molecule has 0 saturated carbocycles. The summed E-state index contributed by atoms with van der Waals surface area (Å²) in [4.78, 5) is 12.0. The number of nitrogens with one attached hydrogen (secondary N) is 2. The lowest BCUT2D eigenvalue weighted by Crippen LogP contribution is -2.40. The SMILES string of the molecule is O=C(CC1CNCCO1)Nc1cnn(CC2CCCO2)c1. The van der Waals surface area contributed by atoms with Crippen LogP contribution in [0.15, 0.2) is 12.4 Å². The quantitative estimate of drug-likeness (QED) is 0.821. The van der Waals surface area contributed by atoms with Crippen LogP contribution in [0.4, 0.5) is 5.69 Å². The van der Waals surface area contributed by atoms with E-state index in [1.807, 2.05) is 10.9 Å². The van der Waals surface area contributed by atoms with Crippen molar-refractivity contribution in [1.29, 1.82) is 0 Å². The average Bonchev–Trinajstić information content (AvgIpc) is 3.13. The first-order valence-corrected chi connectivity index (χ1v) is 7.56. The molecule has 21 heavy (non-hydrogen) atoms. The number of aromatic nitrogens is 2. The number of amides is 1. The normalized spacial score (nSPS) is 25.9. The molecule has 7 nitrogen and oxygen atoms in total. The Labute approximate surface area is 124 Å². The summed E-state index contributed by atoms with van der Waals surface area (Å²) < 4.78 is 12.9. The Morgan fingerprint density at radius 3 is 3.10 bits per heavy atom. The van der Waals surface area contributed by atoms with Gasteiger partial charge in [0.05, 0.1) is 43.7 Å². The molecule has 116 valence electrons. The van der Waals surface area contributed by atoms with E-state index in [1.54, 1.807) is 6.20 Å². The van der Waals surface area contributed by atoms with E-state index in [0.29, 0.717) is 13.0 Å². The predicted molar refractivity (Wildman–Crippen MR) is 77.1 cm³/mol. The van der Waals surface area contributed by atoms with E-state index in [0.717, 1.165) is 44.8 Å². The van der Waals surface area contributed by atoms with E-state index < -0.39 is 0 Å². The van der Waals surface area contributed by atoms with Gasteiger partial charge in [0.15, 0.2) is 0 Å². The number of hydrogen-bond donors (Lipinski definition) is 2. The van der Waals surface area contributed by atoms with E-state index in [4.69, 9.17) is 9.47 Å². The Morgan fingerprint density at radius 2 is 2.33 bits per heavy atom. The van der Waals surface area contributed by atoms with Gasteiger partial charge in [-0.2, -0.15) is 5.10 Å². The molecule has 0 bridgehead atoms. The van der Waals surface area contributed by atoms with Gasteiger partial charge in [-0.25, -0.2) is 0 Å². The Balaban J connectivity index is 1.45. The summed E-state index contributed by atoms with van der Waals surface area (Å²) in [5.41, 5.74) is 0.724. The molecular formula is C14H22N4O3. The number of nitrogens with zero attached hydrogens (tertiary/aromatic N) is 2. The minimum atomic E-state index is -0.0413. The highest BCUT2D eigenvalue weighted by molar-refractivity contribution is 5.90. The Kier molecular flexibility index (Phi) is 4.84. The molecule has 3 rings (SSSR count). The molecule has 2 aliphatic heterocycles. The highest BCUT2D eigenvalue weighted by atomic mass is 16.5. The second kappa shape index (κ2) is 7.02. The molecule has 1 aromatic heterocycles. The summed E-state index contributed by atoms with van der Waals surface area (Å²) in [5, 5.41) is 10.3. The molecule has 2 atom stereocenters. The van der Waals surface area contributed by atoms with Crippen LogP contribution in [0.1, 0.15) is 19.3 Å². The molecule has 0 aromatic carbocycles. The van der Waals surface area contributed by atoms with Gasteiger partial charge < -0.3 is 20.1 Å². The zero-order chi connectivity index (χ0) is 14.5. The maximum atomic E-state index is 12.0. The summed E-state index contributed by atoms with van der Waals surface area (Å²) >= 11 is 0. The van der Waals surface area contributed by atoms with Crippen LogP contribution < -0.4 is 10.6 Å². The standard InChI is InChI=1S/C14H22N4O3/c19-14(6-13-8-15-3-5-21-13)17-11-7-16-18(9-11)10-12-2-1-4-20-12/h7,9,12-13,15H,1-6,8,10H2,(H,17,19). The lowest BCUT2D eigenvalue weighted by atomic mass is 10.2. The second-order valence-corrected chi connectivity index (χ2v) is 5.54. The first-order chi connectivity index (χ1) is 10.3. The van der Waals surface area contributed by atoms with E-state index in [2.05, 4.69) is 15.7 Å². The molecule has 1 amide bonds. The zero-order valence-electron chi connectivity index (χ0n) is 12.1. The first kappa shape index (κ1) is 14.5. The number of carbonyl (C=O) groups excluding carboxylic acids is 1. The van der Waals surface area contributed by atoms with E-state index in [1.165, 1.54) is 0 Å². The molecule has 3 heterocycles. The smallest absolute Gasteiger partial charge is 0.227 e. The maximum Gasteiger partial charge on any atom is 0.227 e. The zero-order valence-corrected chi connectivity index (χ0v) is 12.1. The first-order valence-electron chi connectivity index (χ1n) is 7.56. The average molecular weight is 294 g/mol. The Morgan fingerprint density at radius 1 is 1.43 bits per heavy atom. The van der Waals surface area contributed by atoms with Gasteiger partial charge in [-0.3, -0.25) is 9.48 Å². The van der Waals surface area contributed by atoms with E-state index in [-0.39, 0.29) is 18.1 Å². The van der Waals surface area contributed by atoms with Crippen LogP contribution in [0.25, 0.3) is 0 Å². The summed E-state index contributed by atoms with van der Waals surface area (Å²) in [5.74, 6) is -0.0413. The Hall–Kier alpha value is -1.44. The lowest BCUT2D eigenvalue weighted by molar-refractivity contribution is -0.119. The molecule has 0 radical (unpaired) electrons. The largest absolute Gasteiger partial charge is 0.376 e. The third kappa shape index (κ3) is 4.26. The molecule has 2 fully saturated rings. The van der Waals surface area contributed by atoms with Crippen LogP contribution in [-0.4, -0.2) is 54.2 Å². The van der Waals surface area contributed by atoms with Gasteiger partial charge in [-0.05, 0) is 12.8 Å². The fourth-order valence-electron chi connectivity index (χ4n) is 2.69. The van der Waals surface area contributed by atoms with Crippen molar-refractivity contribution in [3.05, 3.63) is 12.4 Å². The van der Waals surface area contributed by atoms with Crippen molar-refractivity contribution < 1.29 is 14.3 Å². The monoisotopic (exact) mass is 294 g/mol. The minimum absolute atomic E-state index is 0.0410. The van der Waals surface area contributed by atoms with Gasteiger partial charge in [0.2, 0.25) is 5.91 Å². The molecule has 0 aliphatic carbocycles. The summed E-state index contributed by atoms with van der Waals surface area (Å²) in [7, 11) is 0. The van der Waals surface area contributed by atoms with Crippen molar-refractivity contribution in [1.82, 2.24) is 15.1 Å². The fraction of sp³-hybridized carbons (Fsp3) is 0.714.